The molecular weight excluding hydrogens is 536 g/mol. The molecule has 1 aromatic heterocycles. The fraction of sp³-hybridized carbons (Fsp3) is 0.296. The number of para-hydroxylation sites is 1. The first-order valence-corrected chi connectivity index (χ1v) is 13.1. The quantitative estimate of drug-likeness (QED) is 0.121. The van der Waals surface area contributed by atoms with Crippen LogP contribution in [0.3, 0.4) is 0 Å². The molecule has 0 saturated heterocycles. The van der Waals surface area contributed by atoms with E-state index in [0.29, 0.717) is 5.56 Å². The predicted molar refractivity (Wildman–Crippen MR) is 151 cm³/mol. The third-order valence-corrected chi connectivity index (χ3v) is 6.59. The summed E-state index contributed by atoms with van der Waals surface area (Å²) in [5.74, 6) is -4.46. The number of aromatic amines is 1. The minimum atomic E-state index is -1.60. The second-order valence-corrected chi connectivity index (χ2v) is 9.60. The van der Waals surface area contributed by atoms with Crippen LogP contribution in [-0.4, -0.2) is 69.6 Å². The van der Waals surface area contributed by atoms with Gasteiger partial charge in [0.2, 0.25) is 23.6 Å². The van der Waals surface area contributed by atoms with Crippen LogP contribution in [0.1, 0.15) is 17.5 Å². The Kier molecular flexibility index (Phi) is 10.7. The fourth-order valence-electron chi connectivity index (χ4n) is 4.10. The van der Waals surface area contributed by atoms with Crippen LogP contribution in [0.2, 0.25) is 0 Å². The third kappa shape index (κ3) is 8.32. The molecule has 3 rings (SSSR count). The molecular formula is C27H32N6O6S. The number of carbonyl (C=O) groups is 5. The van der Waals surface area contributed by atoms with E-state index in [1.165, 1.54) is 0 Å². The van der Waals surface area contributed by atoms with Crippen molar-refractivity contribution in [3.05, 3.63) is 71.9 Å². The van der Waals surface area contributed by atoms with E-state index < -0.39 is 60.2 Å². The van der Waals surface area contributed by atoms with Gasteiger partial charge in [0.25, 0.3) is 0 Å². The second kappa shape index (κ2) is 14.1. The van der Waals surface area contributed by atoms with Crippen LogP contribution in [0.5, 0.6) is 0 Å². The molecule has 0 aliphatic carbocycles. The number of primary amides is 1. The van der Waals surface area contributed by atoms with E-state index in [0.717, 1.165) is 16.5 Å². The number of carbonyl (C=O) groups excluding carboxylic acids is 4. The number of rotatable bonds is 14. The molecule has 2 aromatic carbocycles. The first kappa shape index (κ1) is 30.2. The SMILES string of the molecule is NC(=O)CC(NC(=O)C(Cc1c[nH]c2ccccc12)NC(=O)C(Cc1ccccc1)NC(=O)C(N)CS)C(=O)O. The molecule has 4 amide bonds. The summed E-state index contributed by atoms with van der Waals surface area (Å²) in [6.45, 7) is 0. The number of hydrogen-bond donors (Lipinski definition) is 8. The molecule has 0 fully saturated rings. The Bertz CT molecular complexity index is 1360. The molecule has 4 unspecified atom stereocenters. The zero-order chi connectivity index (χ0) is 29.2. The van der Waals surface area contributed by atoms with Crippen LogP contribution in [-0.2, 0) is 36.8 Å². The summed E-state index contributed by atoms with van der Waals surface area (Å²) in [6.07, 6.45) is 1.12. The molecule has 12 nitrogen and oxygen atoms in total. The lowest BCUT2D eigenvalue weighted by Crippen LogP contribution is -2.58. The van der Waals surface area contributed by atoms with E-state index in [2.05, 4.69) is 33.6 Å². The van der Waals surface area contributed by atoms with Crippen molar-refractivity contribution in [3.8, 4) is 0 Å². The molecule has 212 valence electrons. The van der Waals surface area contributed by atoms with Gasteiger partial charge in [-0.05, 0) is 17.2 Å². The Morgan fingerprint density at radius 2 is 1.40 bits per heavy atom. The monoisotopic (exact) mass is 568 g/mol. The molecule has 0 radical (unpaired) electrons. The highest BCUT2D eigenvalue weighted by atomic mass is 32.1. The van der Waals surface area contributed by atoms with E-state index in [9.17, 15) is 29.1 Å². The third-order valence-electron chi connectivity index (χ3n) is 6.20. The van der Waals surface area contributed by atoms with Gasteiger partial charge in [-0.25, -0.2) is 4.79 Å². The number of thiol groups is 1. The lowest BCUT2D eigenvalue weighted by molar-refractivity contribution is -0.143. The van der Waals surface area contributed by atoms with E-state index in [-0.39, 0.29) is 18.6 Å². The summed E-state index contributed by atoms with van der Waals surface area (Å²) < 4.78 is 0. The average Bonchev–Trinajstić information content (AvgIpc) is 3.34. The molecule has 3 aromatic rings. The van der Waals surface area contributed by atoms with Gasteiger partial charge >= 0.3 is 5.97 Å². The lowest BCUT2D eigenvalue weighted by atomic mass is 10.0. The van der Waals surface area contributed by atoms with Crippen LogP contribution in [0.15, 0.2) is 60.8 Å². The highest BCUT2D eigenvalue weighted by molar-refractivity contribution is 7.80. The summed E-state index contributed by atoms with van der Waals surface area (Å²) >= 11 is 4.04. The molecule has 1 heterocycles. The standard InChI is InChI=1S/C27H32N6O6S/c28-18(14-40)24(35)31-20(10-15-6-2-1-3-7-15)25(36)32-21(26(37)33-22(27(38)39)12-23(29)34)11-16-13-30-19-9-5-4-8-17(16)19/h1-9,13,18,20-22,30,40H,10-12,14,28H2,(H2,29,34)(H,31,35)(H,32,36)(H,33,37)(H,38,39). The van der Waals surface area contributed by atoms with Crippen molar-refractivity contribution in [2.75, 3.05) is 5.75 Å². The number of fused-ring (bicyclic) bond motifs is 1. The highest BCUT2D eigenvalue weighted by Gasteiger charge is 2.31. The molecule has 4 atom stereocenters. The molecule has 0 aliphatic rings. The number of aromatic nitrogens is 1. The highest BCUT2D eigenvalue weighted by Crippen LogP contribution is 2.19. The Morgan fingerprint density at radius 1 is 0.825 bits per heavy atom. The summed E-state index contributed by atoms with van der Waals surface area (Å²) in [5, 5.41) is 17.8. The molecule has 0 aliphatic heterocycles. The van der Waals surface area contributed by atoms with Crippen molar-refractivity contribution in [3.63, 3.8) is 0 Å². The smallest absolute Gasteiger partial charge is 0.326 e. The fourth-order valence-corrected chi connectivity index (χ4v) is 4.26. The number of benzene rings is 2. The number of H-pyrrole nitrogens is 1. The van der Waals surface area contributed by atoms with Crippen LogP contribution in [0.25, 0.3) is 10.9 Å². The number of nitrogens with one attached hydrogen (secondary N) is 4. The van der Waals surface area contributed by atoms with Gasteiger partial charge in [0.05, 0.1) is 12.5 Å². The van der Waals surface area contributed by atoms with Crippen molar-refractivity contribution >= 4 is 53.1 Å². The number of aliphatic carboxylic acids is 1. The van der Waals surface area contributed by atoms with Gasteiger partial charge in [-0.1, -0.05) is 48.5 Å². The molecule has 9 N–H and O–H groups in total. The van der Waals surface area contributed by atoms with Gasteiger partial charge in [0.15, 0.2) is 0 Å². The summed E-state index contributed by atoms with van der Waals surface area (Å²) in [7, 11) is 0. The van der Waals surface area contributed by atoms with Gasteiger partial charge in [0, 0.05) is 35.7 Å². The largest absolute Gasteiger partial charge is 0.480 e. The molecule has 13 heteroatoms. The molecule has 0 bridgehead atoms. The Balaban J connectivity index is 1.90. The topological polar surface area (TPSA) is 209 Å². The molecule has 40 heavy (non-hydrogen) atoms. The second-order valence-electron chi connectivity index (χ2n) is 9.23. The van der Waals surface area contributed by atoms with Crippen LogP contribution < -0.4 is 27.4 Å². The predicted octanol–water partition coefficient (Wildman–Crippen LogP) is -0.375. The normalized spacial score (nSPS) is 13.9. The van der Waals surface area contributed by atoms with E-state index in [1.54, 1.807) is 36.5 Å². The van der Waals surface area contributed by atoms with Gasteiger partial charge < -0.3 is 37.5 Å². The number of hydrogen-bond acceptors (Lipinski definition) is 7. The number of amides is 4. The maximum Gasteiger partial charge on any atom is 0.326 e. The average molecular weight is 569 g/mol. The van der Waals surface area contributed by atoms with Gasteiger partial charge in [-0.3, -0.25) is 19.2 Å². The van der Waals surface area contributed by atoms with Gasteiger partial charge in [-0.2, -0.15) is 12.6 Å². The van der Waals surface area contributed by atoms with Gasteiger partial charge in [0.1, 0.15) is 18.1 Å². The van der Waals surface area contributed by atoms with Crippen molar-refractivity contribution in [1.29, 1.82) is 0 Å². The van der Waals surface area contributed by atoms with Crippen LogP contribution in [0, 0.1) is 0 Å². The lowest BCUT2D eigenvalue weighted by Gasteiger charge is -2.25. The van der Waals surface area contributed by atoms with Crippen molar-refractivity contribution in [1.82, 2.24) is 20.9 Å². The van der Waals surface area contributed by atoms with E-state index in [4.69, 9.17) is 11.5 Å². The maximum absolute atomic E-state index is 13.5. The first-order valence-electron chi connectivity index (χ1n) is 12.5. The van der Waals surface area contributed by atoms with E-state index in [1.807, 2.05) is 24.3 Å². The zero-order valence-electron chi connectivity index (χ0n) is 21.5. The molecule has 0 spiro atoms. The number of carboxylic acid groups (broad SMARTS) is 1. The Labute approximate surface area is 235 Å². The summed E-state index contributed by atoms with van der Waals surface area (Å²) in [6, 6.07) is 11.3. The van der Waals surface area contributed by atoms with Crippen molar-refractivity contribution in [2.24, 2.45) is 11.5 Å². The Morgan fingerprint density at radius 3 is 2.02 bits per heavy atom. The minimum absolute atomic E-state index is 0.0212. The van der Waals surface area contributed by atoms with E-state index >= 15 is 0 Å². The van der Waals surface area contributed by atoms with Gasteiger partial charge in [-0.15, -0.1) is 0 Å². The van der Waals surface area contributed by atoms with Crippen LogP contribution in [0.4, 0.5) is 0 Å². The first-order chi connectivity index (χ1) is 19.1. The van der Waals surface area contributed by atoms with Crippen LogP contribution >= 0.6 is 12.6 Å². The zero-order valence-corrected chi connectivity index (χ0v) is 22.4. The minimum Gasteiger partial charge on any atom is -0.480 e. The maximum atomic E-state index is 13.5. The van der Waals surface area contributed by atoms with Crippen molar-refractivity contribution < 1.29 is 29.1 Å². The molecule has 0 saturated carbocycles. The number of nitrogens with two attached hydrogens (primary N) is 2. The number of carboxylic acids is 1. The summed E-state index contributed by atoms with van der Waals surface area (Å²) in [4.78, 5) is 65.5. The van der Waals surface area contributed by atoms with Crippen molar-refractivity contribution in [2.45, 2.75) is 43.4 Å². The Hall–Kier alpha value is -4.36. The summed E-state index contributed by atoms with van der Waals surface area (Å²) in [5.41, 5.74) is 13.2.